The van der Waals surface area contributed by atoms with Crippen LogP contribution in [0.1, 0.15) is 6.42 Å². The number of nitrogens with zero attached hydrogens (tertiary/aromatic N) is 2. The molecule has 0 radical (unpaired) electrons. The molecule has 16 heavy (non-hydrogen) atoms. The molecule has 5 heteroatoms. The van der Waals surface area contributed by atoms with Crippen LogP contribution < -0.4 is 5.32 Å². The molecule has 0 aliphatic carbocycles. The van der Waals surface area contributed by atoms with Crippen molar-refractivity contribution in [1.29, 1.82) is 0 Å². The van der Waals surface area contributed by atoms with E-state index in [9.17, 15) is 4.79 Å². The number of methoxy groups -OCH3 is 1. The molecular formula is C11H21N3O2. The van der Waals surface area contributed by atoms with E-state index in [0.29, 0.717) is 6.04 Å². The summed E-state index contributed by atoms with van der Waals surface area (Å²) in [4.78, 5) is 16.1. The van der Waals surface area contributed by atoms with Crippen LogP contribution in [0.25, 0.3) is 0 Å². The van der Waals surface area contributed by atoms with E-state index in [4.69, 9.17) is 4.74 Å². The van der Waals surface area contributed by atoms with Gasteiger partial charge in [-0.1, -0.05) is 0 Å². The standard InChI is InChI=1S/C11H21N3O2/c1-16-9-11(15)14-5-2-10(8-14)13-6-3-12-4-7-13/h10,12H,2-9H2,1H3. The summed E-state index contributed by atoms with van der Waals surface area (Å²) < 4.78 is 4.88. The molecule has 2 saturated heterocycles. The largest absolute Gasteiger partial charge is 0.375 e. The van der Waals surface area contributed by atoms with Gasteiger partial charge in [0.2, 0.25) is 5.91 Å². The lowest BCUT2D eigenvalue weighted by molar-refractivity contribution is -0.134. The zero-order valence-electron chi connectivity index (χ0n) is 9.95. The maximum absolute atomic E-state index is 11.6. The number of hydrogen-bond donors (Lipinski definition) is 1. The van der Waals surface area contributed by atoms with Gasteiger partial charge in [0.25, 0.3) is 0 Å². The van der Waals surface area contributed by atoms with Gasteiger partial charge in [0.15, 0.2) is 0 Å². The van der Waals surface area contributed by atoms with Crippen LogP contribution in [-0.2, 0) is 9.53 Å². The van der Waals surface area contributed by atoms with Crippen LogP contribution in [0.4, 0.5) is 0 Å². The van der Waals surface area contributed by atoms with E-state index in [-0.39, 0.29) is 12.5 Å². The van der Waals surface area contributed by atoms with Crippen molar-refractivity contribution in [2.45, 2.75) is 12.5 Å². The third kappa shape index (κ3) is 2.72. The zero-order chi connectivity index (χ0) is 11.4. The molecule has 2 aliphatic rings. The van der Waals surface area contributed by atoms with Crippen molar-refractivity contribution in [2.24, 2.45) is 0 Å². The summed E-state index contributed by atoms with van der Waals surface area (Å²) in [5.41, 5.74) is 0. The van der Waals surface area contributed by atoms with Crippen LogP contribution in [-0.4, -0.2) is 74.7 Å². The monoisotopic (exact) mass is 227 g/mol. The van der Waals surface area contributed by atoms with Gasteiger partial charge in [-0.15, -0.1) is 0 Å². The Hall–Kier alpha value is -0.650. The van der Waals surface area contributed by atoms with E-state index in [1.54, 1.807) is 7.11 Å². The Morgan fingerprint density at radius 1 is 1.38 bits per heavy atom. The summed E-state index contributed by atoms with van der Waals surface area (Å²) in [6, 6.07) is 0.558. The predicted molar refractivity (Wildman–Crippen MR) is 61.3 cm³/mol. The summed E-state index contributed by atoms with van der Waals surface area (Å²) in [6.45, 7) is 6.34. The molecule has 5 nitrogen and oxygen atoms in total. The summed E-state index contributed by atoms with van der Waals surface area (Å²) in [5.74, 6) is 0.125. The van der Waals surface area contributed by atoms with Gasteiger partial charge in [0.1, 0.15) is 6.61 Å². The van der Waals surface area contributed by atoms with E-state index in [1.165, 1.54) is 0 Å². The van der Waals surface area contributed by atoms with Crippen molar-refractivity contribution in [1.82, 2.24) is 15.1 Å². The first-order valence-corrected chi connectivity index (χ1v) is 6.02. The molecule has 0 aromatic heterocycles. The molecule has 2 heterocycles. The van der Waals surface area contributed by atoms with E-state index in [1.807, 2.05) is 4.90 Å². The van der Waals surface area contributed by atoms with E-state index >= 15 is 0 Å². The molecule has 0 aromatic carbocycles. The predicted octanol–water partition coefficient (Wildman–Crippen LogP) is -0.861. The summed E-state index contributed by atoms with van der Waals surface area (Å²) in [5, 5.41) is 3.35. The molecule has 2 rings (SSSR count). The summed E-state index contributed by atoms with van der Waals surface area (Å²) >= 11 is 0. The number of carbonyl (C=O) groups is 1. The van der Waals surface area contributed by atoms with Gasteiger partial charge in [-0.25, -0.2) is 0 Å². The van der Waals surface area contributed by atoms with Crippen LogP contribution in [0.2, 0.25) is 0 Å². The number of ether oxygens (including phenoxy) is 1. The minimum atomic E-state index is 0.125. The fourth-order valence-corrected chi connectivity index (χ4v) is 2.53. The van der Waals surface area contributed by atoms with E-state index in [2.05, 4.69) is 10.2 Å². The average Bonchev–Trinajstić information content (AvgIpc) is 2.80. The molecule has 0 spiro atoms. The second-order valence-corrected chi connectivity index (χ2v) is 4.50. The summed E-state index contributed by atoms with van der Waals surface area (Å²) in [6.07, 6.45) is 1.11. The first-order chi connectivity index (χ1) is 7.81. The highest BCUT2D eigenvalue weighted by Crippen LogP contribution is 2.16. The maximum atomic E-state index is 11.6. The number of amides is 1. The highest BCUT2D eigenvalue weighted by molar-refractivity contribution is 5.77. The first-order valence-electron chi connectivity index (χ1n) is 6.02. The highest BCUT2D eigenvalue weighted by atomic mass is 16.5. The molecular weight excluding hydrogens is 206 g/mol. The third-order valence-corrected chi connectivity index (χ3v) is 3.45. The Bertz CT molecular complexity index is 241. The van der Waals surface area contributed by atoms with Crippen molar-refractivity contribution in [2.75, 3.05) is 53.0 Å². The third-order valence-electron chi connectivity index (χ3n) is 3.45. The normalized spacial score (nSPS) is 27.3. The molecule has 2 aliphatic heterocycles. The molecule has 2 fully saturated rings. The fraction of sp³-hybridized carbons (Fsp3) is 0.909. The number of hydrogen-bond acceptors (Lipinski definition) is 4. The van der Waals surface area contributed by atoms with Crippen molar-refractivity contribution in [3.63, 3.8) is 0 Å². The number of likely N-dealkylation sites (tertiary alicyclic amines) is 1. The molecule has 1 atom stereocenters. The Morgan fingerprint density at radius 2 is 2.12 bits per heavy atom. The second kappa shape index (κ2) is 5.61. The number of nitrogens with one attached hydrogen (secondary N) is 1. The quantitative estimate of drug-likeness (QED) is 0.681. The first kappa shape index (κ1) is 11.8. The maximum Gasteiger partial charge on any atom is 0.248 e. The molecule has 1 unspecified atom stereocenters. The van der Waals surface area contributed by atoms with Crippen LogP contribution in [0.3, 0.4) is 0 Å². The molecule has 1 amide bonds. The Kier molecular flexibility index (Phi) is 4.15. The van der Waals surface area contributed by atoms with Crippen LogP contribution >= 0.6 is 0 Å². The number of piperazine rings is 1. The van der Waals surface area contributed by atoms with Crippen LogP contribution in [0.5, 0.6) is 0 Å². The average molecular weight is 227 g/mol. The van der Waals surface area contributed by atoms with Gasteiger partial charge < -0.3 is 15.0 Å². The highest BCUT2D eigenvalue weighted by Gasteiger charge is 2.30. The van der Waals surface area contributed by atoms with Crippen LogP contribution in [0.15, 0.2) is 0 Å². The van der Waals surface area contributed by atoms with Gasteiger partial charge in [0, 0.05) is 52.4 Å². The van der Waals surface area contributed by atoms with Crippen molar-refractivity contribution >= 4 is 5.91 Å². The lowest BCUT2D eigenvalue weighted by Crippen LogP contribution is -2.49. The minimum Gasteiger partial charge on any atom is -0.375 e. The van der Waals surface area contributed by atoms with Crippen molar-refractivity contribution < 1.29 is 9.53 Å². The minimum absolute atomic E-state index is 0.125. The van der Waals surface area contributed by atoms with Gasteiger partial charge >= 0.3 is 0 Å². The smallest absolute Gasteiger partial charge is 0.248 e. The molecule has 0 aromatic rings. The Balaban J connectivity index is 1.80. The summed E-state index contributed by atoms with van der Waals surface area (Å²) in [7, 11) is 1.57. The van der Waals surface area contributed by atoms with Gasteiger partial charge in [-0.3, -0.25) is 9.69 Å². The number of carbonyl (C=O) groups excluding carboxylic acids is 1. The molecule has 0 bridgehead atoms. The molecule has 0 saturated carbocycles. The lowest BCUT2D eigenvalue weighted by Gasteiger charge is -2.32. The van der Waals surface area contributed by atoms with Crippen molar-refractivity contribution in [3.8, 4) is 0 Å². The zero-order valence-corrected chi connectivity index (χ0v) is 9.95. The van der Waals surface area contributed by atoms with Crippen molar-refractivity contribution in [3.05, 3.63) is 0 Å². The topological polar surface area (TPSA) is 44.8 Å². The SMILES string of the molecule is COCC(=O)N1CCC(N2CCNCC2)C1. The van der Waals surface area contributed by atoms with E-state index < -0.39 is 0 Å². The van der Waals surface area contributed by atoms with Crippen LogP contribution in [0, 0.1) is 0 Å². The Morgan fingerprint density at radius 3 is 2.81 bits per heavy atom. The Labute approximate surface area is 96.7 Å². The molecule has 1 N–H and O–H groups in total. The fourth-order valence-electron chi connectivity index (χ4n) is 2.53. The second-order valence-electron chi connectivity index (χ2n) is 4.50. The number of rotatable bonds is 3. The van der Waals surface area contributed by atoms with Gasteiger partial charge in [0.05, 0.1) is 0 Å². The van der Waals surface area contributed by atoms with Gasteiger partial charge in [-0.05, 0) is 6.42 Å². The van der Waals surface area contributed by atoms with E-state index in [0.717, 1.165) is 45.7 Å². The molecule has 92 valence electrons. The lowest BCUT2D eigenvalue weighted by atomic mass is 10.2. The van der Waals surface area contributed by atoms with Gasteiger partial charge in [-0.2, -0.15) is 0 Å².